The number of nitrogens with zero attached hydrogens (tertiary/aromatic N) is 1. The van der Waals surface area contributed by atoms with E-state index >= 15 is 0 Å². The van der Waals surface area contributed by atoms with Gasteiger partial charge in [-0.15, -0.1) is 0 Å². The number of fused-ring (bicyclic) bond motifs is 1. The van der Waals surface area contributed by atoms with Crippen molar-refractivity contribution in [1.82, 2.24) is 4.57 Å². The summed E-state index contributed by atoms with van der Waals surface area (Å²) in [6, 6.07) is 5.48. The summed E-state index contributed by atoms with van der Waals surface area (Å²) in [6.45, 7) is 4.21. The van der Waals surface area contributed by atoms with Crippen LogP contribution >= 0.6 is 39.1 Å². The zero-order valence-corrected chi connectivity index (χ0v) is 14.8. The van der Waals surface area contributed by atoms with Crippen molar-refractivity contribution in [1.29, 1.82) is 0 Å². The summed E-state index contributed by atoms with van der Waals surface area (Å²) >= 11 is 16.1. The lowest BCUT2D eigenvalue weighted by atomic mass is 9.76. The van der Waals surface area contributed by atoms with E-state index in [9.17, 15) is 4.79 Å². The molecule has 0 bridgehead atoms. The SMILES string of the molecule is CC1(C)CC(=O)c2ccn(-c3c(Cl)cc(Br)cc3Cl)c2C1. The highest BCUT2D eigenvalue weighted by atomic mass is 79.9. The Morgan fingerprint density at radius 1 is 1.19 bits per heavy atom. The van der Waals surface area contributed by atoms with Gasteiger partial charge in [-0.2, -0.15) is 0 Å². The summed E-state index contributed by atoms with van der Waals surface area (Å²) in [5, 5.41) is 1.12. The maximum absolute atomic E-state index is 12.3. The molecule has 1 aromatic heterocycles. The van der Waals surface area contributed by atoms with Gasteiger partial charge in [0.05, 0.1) is 15.7 Å². The zero-order chi connectivity index (χ0) is 15.4. The molecular formula is C16H14BrCl2NO. The Bertz CT molecular complexity index is 726. The number of hydrogen-bond donors (Lipinski definition) is 0. The van der Waals surface area contributed by atoms with Gasteiger partial charge >= 0.3 is 0 Å². The van der Waals surface area contributed by atoms with Crippen LogP contribution in [0.5, 0.6) is 0 Å². The average Bonchev–Trinajstić information content (AvgIpc) is 2.70. The van der Waals surface area contributed by atoms with E-state index in [0.717, 1.165) is 27.8 Å². The first-order valence-corrected chi connectivity index (χ1v) is 8.22. The molecule has 1 aromatic carbocycles. The molecule has 5 heteroatoms. The number of ketones is 1. The molecule has 0 fully saturated rings. The quantitative estimate of drug-likeness (QED) is 0.615. The molecule has 0 N–H and O–H groups in total. The van der Waals surface area contributed by atoms with Crippen molar-refractivity contribution < 1.29 is 4.79 Å². The Morgan fingerprint density at radius 2 is 1.81 bits per heavy atom. The number of hydrogen-bond acceptors (Lipinski definition) is 1. The normalized spacial score (nSPS) is 16.9. The third-order valence-corrected chi connectivity index (χ3v) is 4.83. The van der Waals surface area contributed by atoms with Gasteiger partial charge in [0.15, 0.2) is 5.78 Å². The van der Waals surface area contributed by atoms with Gasteiger partial charge in [-0.1, -0.05) is 53.0 Å². The molecule has 1 heterocycles. The van der Waals surface area contributed by atoms with E-state index in [4.69, 9.17) is 23.2 Å². The van der Waals surface area contributed by atoms with Crippen LogP contribution in [0.4, 0.5) is 0 Å². The molecule has 2 aromatic rings. The summed E-state index contributed by atoms with van der Waals surface area (Å²) in [4.78, 5) is 12.3. The Labute approximate surface area is 142 Å². The molecule has 21 heavy (non-hydrogen) atoms. The van der Waals surface area contributed by atoms with Gasteiger partial charge in [0.2, 0.25) is 0 Å². The number of Topliss-reactive ketones (excluding diaryl/α,β-unsaturated/α-hetero) is 1. The van der Waals surface area contributed by atoms with Gasteiger partial charge in [0.25, 0.3) is 0 Å². The second-order valence-electron chi connectivity index (χ2n) is 6.21. The van der Waals surface area contributed by atoms with Crippen LogP contribution in [-0.4, -0.2) is 10.4 Å². The molecule has 0 saturated carbocycles. The lowest BCUT2D eigenvalue weighted by Crippen LogP contribution is -2.27. The minimum atomic E-state index is -0.0471. The van der Waals surface area contributed by atoms with Crippen LogP contribution < -0.4 is 0 Å². The van der Waals surface area contributed by atoms with Crippen molar-refractivity contribution in [3.05, 3.63) is 50.2 Å². The first-order chi connectivity index (χ1) is 9.78. The molecule has 0 spiro atoms. The minimum absolute atomic E-state index is 0.0471. The molecule has 0 radical (unpaired) electrons. The monoisotopic (exact) mass is 385 g/mol. The van der Waals surface area contributed by atoms with Crippen LogP contribution in [0.1, 0.15) is 36.3 Å². The Kier molecular flexibility index (Phi) is 3.71. The summed E-state index contributed by atoms with van der Waals surface area (Å²) in [6.07, 6.45) is 3.28. The highest BCUT2D eigenvalue weighted by Crippen LogP contribution is 2.39. The largest absolute Gasteiger partial charge is 0.317 e. The van der Waals surface area contributed by atoms with Gasteiger partial charge in [0, 0.05) is 28.3 Å². The van der Waals surface area contributed by atoms with Gasteiger partial charge in [-0.05, 0) is 30.0 Å². The average molecular weight is 387 g/mol. The van der Waals surface area contributed by atoms with Crippen molar-refractivity contribution in [2.24, 2.45) is 5.41 Å². The lowest BCUT2D eigenvalue weighted by molar-refractivity contribution is 0.0911. The molecule has 0 unspecified atom stereocenters. The molecule has 0 aliphatic heterocycles. The minimum Gasteiger partial charge on any atom is -0.317 e. The van der Waals surface area contributed by atoms with E-state index in [1.807, 2.05) is 29.0 Å². The van der Waals surface area contributed by atoms with Crippen molar-refractivity contribution >= 4 is 44.9 Å². The third kappa shape index (κ3) is 2.67. The standard InChI is InChI=1S/C16H14BrCl2NO/c1-16(2)7-13-10(14(21)8-16)3-4-20(13)15-11(18)5-9(17)6-12(15)19/h3-6H,7-8H2,1-2H3. The molecule has 3 rings (SSSR count). The van der Waals surface area contributed by atoms with Crippen LogP contribution in [0.2, 0.25) is 10.0 Å². The maximum atomic E-state index is 12.3. The van der Waals surface area contributed by atoms with Crippen LogP contribution in [0.3, 0.4) is 0 Å². The number of halogens is 3. The smallest absolute Gasteiger partial charge is 0.165 e. The van der Waals surface area contributed by atoms with Crippen LogP contribution in [0, 0.1) is 5.41 Å². The topological polar surface area (TPSA) is 22.0 Å². The Morgan fingerprint density at radius 3 is 2.43 bits per heavy atom. The van der Waals surface area contributed by atoms with E-state index in [1.54, 1.807) is 0 Å². The number of carbonyl (C=O) groups is 1. The summed E-state index contributed by atoms with van der Waals surface area (Å²) in [5.41, 5.74) is 2.45. The number of rotatable bonds is 1. The third-order valence-electron chi connectivity index (χ3n) is 3.80. The van der Waals surface area contributed by atoms with E-state index in [-0.39, 0.29) is 11.2 Å². The molecule has 0 saturated heterocycles. The van der Waals surface area contributed by atoms with Crippen molar-refractivity contribution in [2.45, 2.75) is 26.7 Å². The van der Waals surface area contributed by atoms with Gasteiger partial charge in [-0.25, -0.2) is 0 Å². The van der Waals surface area contributed by atoms with Gasteiger partial charge in [0.1, 0.15) is 0 Å². The number of carbonyl (C=O) groups excluding carboxylic acids is 1. The molecule has 0 amide bonds. The van der Waals surface area contributed by atoms with Crippen LogP contribution in [0.15, 0.2) is 28.9 Å². The van der Waals surface area contributed by atoms with Gasteiger partial charge in [-0.3, -0.25) is 4.79 Å². The zero-order valence-electron chi connectivity index (χ0n) is 11.7. The van der Waals surface area contributed by atoms with Crippen LogP contribution in [0.25, 0.3) is 5.69 Å². The predicted octanol–water partition coefficient (Wildman–Crippen LogP) is 5.70. The molecule has 1 aliphatic carbocycles. The maximum Gasteiger partial charge on any atom is 0.165 e. The Hall–Kier alpha value is -0.770. The van der Waals surface area contributed by atoms with E-state index in [1.165, 1.54) is 0 Å². The summed E-state index contributed by atoms with van der Waals surface area (Å²) < 4.78 is 2.78. The van der Waals surface area contributed by atoms with Gasteiger partial charge < -0.3 is 4.57 Å². The summed E-state index contributed by atoms with van der Waals surface area (Å²) in [7, 11) is 0. The number of aromatic nitrogens is 1. The fourth-order valence-corrected chi connectivity index (χ4v) is 4.31. The van der Waals surface area contributed by atoms with Crippen molar-refractivity contribution in [3.8, 4) is 5.69 Å². The molecule has 1 aliphatic rings. The first-order valence-electron chi connectivity index (χ1n) is 6.67. The number of benzene rings is 1. The first kappa shape index (κ1) is 15.1. The second kappa shape index (κ2) is 5.15. The molecule has 2 nitrogen and oxygen atoms in total. The highest BCUT2D eigenvalue weighted by molar-refractivity contribution is 9.10. The molecule has 110 valence electrons. The fraction of sp³-hybridized carbons (Fsp3) is 0.312. The predicted molar refractivity (Wildman–Crippen MR) is 89.9 cm³/mol. The van der Waals surface area contributed by atoms with E-state index in [2.05, 4.69) is 29.8 Å². The van der Waals surface area contributed by atoms with E-state index in [0.29, 0.717) is 16.5 Å². The van der Waals surface area contributed by atoms with Crippen molar-refractivity contribution in [3.63, 3.8) is 0 Å². The second-order valence-corrected chi connectivity index (χ2v) is 7.94. The summed E-state index contributed by atoms with van der Waals surface area (Å²) in [5.74, 6) is 0.185. The van der Waals surface area contributed by atoms with Crippen molar-refractivity contribution in [2.75, 3.05) is 0 Å². The van der Waals surface area contributed by atoms with E-state index < -0.39 is 0 Å². The lowest BCUT2D eigenvalue weighted by Gasteiger charge is -2.30. The fourth-order valence-electron chi connectivity index (χ4n) is 2.92. The van der Waals surface area contributed by atoms with Crippen LogP contribution in [-0.2, 0) is 6.42 Å². The molecule has 0 atom stereocenters. The molecular weight excluding hydrogens is 373 g/mol. The Balaban J connectivity index is 2.21. The highest BCUT2D eigenvalue weighted by Gasteiger charge is 2.33.